The van der Waals surface area contributed by atoms with E-state index in [1.54, 1.807) is 0 Å². The fraction of sp³-hybridized carbons (Fsp3) is 0.227. The zero-order valence-electron chi connectivity index (χ0n) is 15.1. The lowest BCUT2D eigenvalue weighted by Gasteiger charge is -2.16. The predicted molar refractivity (Wildman–Crippen MR) is 104 cm³/mol. The average Bonchev–Trinajstić information content (AvgIpc) is 2.65. The van der Waals surface area contributed by atoms with Crippen LogP contribution in [-0.2, 0) is 4.79 Å². The van der Waals surface area contributed by atoms with Crippen LogP contribution in [0.2, 0.25) is 0 Å². The largest absolute Gasteiger partial charge is 0.491 e. The Bertz CT molecular complexity index is 886. The molecule has 0 aliphatic rings. The van der Waals surface area contributed by atoms with Crippen LogP contribution in [0.3, 0.4) is 0 Å². The van der Waals surface area contributed by atoms with Crippen molar-refractivity contribution in [1.29, 1.82) is 0 Å². The smallest absolute Gasteiger partial charge is 0.258 e. The van der Waals surface area contributed by atoms with Crippen molar-refractivity contribution in [2.24, 2.45) is 0 Å². The van der Waals surface area contributed by atoms with E-state index in [0.717, 1.165) is 22.1 Å². The molecule has 134 valence electrons. The highest BCUT2D eigenvalue weighted by molar-refractivity contribution is 5.88. The van der Waals surface area contributed by atoms with Gasteiger partial charge in [-0.05, 0) is 36.9 Å². The Hall–Kier alpha value is -3.01. The van der Waals surface area contributed by atoms with E-state index < -0.39 is 0 Å². The first kappa shape index (κ1) is 17.8. The molecule has 0 aliphatic heterocycles. The van der Waals surface area contributed by atoms with Crippen molar-refractivity contribution in [3.05, 3.63) is 72.3 Å². The highest BCUT2D eigenvalue weighted by Crippen LogP contribution is 2.25. The fourth-order valence-electron chi connectivity index (χ4n) is 2.76. The summed E-state index contributed by atoms with van der Waals surface area (Å²) in [4.78, 5) is 12.1. The van der Waals surface area contributed by atoms with Gasteiger partial charge in [0.25, 0.3) is 5.91 Å². The molecule has 1 atom stereocenters. The molecule has 0 heterocycles. The highest BCUT2D eigenvalue weighted by atomic mass is 16.5. The van der Waals surface area contributed by atoms with Gasteiger partial charge in [-0.25, -0.2) is 0 Å². The Morgan fingerprint density at radius 3 is 2.46 bits per heavy atom. The maximum absolute atomic E-state index is 12.1. The average molecular weight is 349 g/mol. The van der Waals surface area contributed by atoms with Gasteiger partial charge in [0.05, 0.1) is 6.04 Å². The second kappa shape index (κ2) is 8.39. The van der Waals surface area contributed by atoms with E-state index in [1.807, 2.05) is 80.6 Å². The molecule has 3 rings (SSSR count). The van der Waals surface area contributed by atoms with Crippen LogP contribution in [0.1, 0.15) is 12.5 Å². The van der Waals surface area contributed by atoms with Crippen molar-refractivity contribution < 1.29 is 14.3 Å². The lowest BCUT2D eigenvalue weighted by molar-refractivity contribution is -0.123. The van der Waals surface area contributed by atoms with Gasteiger partial charge in [0.15, 0.2) is 6.61 Å². The van der Waals surface area contributed by atoms with Crippen LogP contribution in [-0.4, -0.2) is 25.2 Å². The number of fused-ring (bicyclic) bond motifs is 1. The number of nitrogens with one attached hydrogen (secondary N) is 1. The van der Waals surface area contributed by atoms with Crippen molar-refractivity contribution in [1.82, 2.24) is 5.32 Å². The number of hydrogen-bond donors (Lipinski definition) is 1. The molecule has 4 heteroatoms. The van der Waals surface area contributed by atoms with Gasteiger partial charge in [-0.1, -0.05) is 54.6 Å². The van der Waals surface area contributed by atoms with Crippen LogP contribution >= 0.6 is 0 Å². The molecule has 0 radical (unpaired) electrons. The minimum atomic E-state index is -0.168. The van der Waals surface area contributed by atoms with E-state index in [2.05, 4.69) is 5.32 Å². The highest BCUT2D eigenvalue weighted by Gasteiger charge is 2.10. The van der Waals surface area contributed by atoms with E-state index in [9.17, 15) is 4.79 Å². The third-order valence-electron chi connectivity index (χ3n) is 4.10. The van der Waals surface area contributed by atoms with E-state index in [1.165, 1.54) is 0 Å². The number of carbonyl (C=O) groups is 1. The number of rotatable bonds is 7. The summed E-state index contributed by atoms with van der Waals surface area (Å²) in [6.45, 7) is 4.29. The van der Waals surface area contributed by atoms with Crippen molar-refractivity contribution in [2.45, 2.75) is 19.9 Å². The second-order valence-electron chi connectivity index (χ2n) is 6.31. The van der Waals surface area contributed by atoms with Crippen LogP contribution in [0.15, 0.2) is 66.7 Å². The fourth-order valence-corrected chi connectivity index (χ4v) is 2.76. The van der Waals surface area contributed by atoms with Crippen LogP contribution < -0.4 is 14.8 Å². The first-order valence-corrected chi connectivity index (χ1v) is 8.72. The first-order valence-electron chi connectivity index (χ1n) is 8.72. The zero-order valence-corrected chi connectivity index (χ0v) is 15.1. The summed E-state index contributed by atoms with van der Waals surface area (Å²) in [5.41, 5.74) is 1.07. The van der Waals surface area contributed by atoms with Crippen LogP contribution in [0.25, 0.3) is 10.8 Å². The molecule has 0 spiro atoms. The second-order valence-corrected chi connectivity index (χ2v) is 6.31. The molecule has 26 heavy (non-hydrogen) atoms. The summed E-state index contributed by atoms with van der Waals surface area (Å²) < 4.78 is 11.5. The monoisotopic (exact) mass is 349 g/mol. The van der Waals surface area contributed by atoms with Gasteiger partial charge < -0.3 is 14.8 Å². The summed E-state index contributed by atoms with van der Waals surface area (Å²) in [6, 6.07) is 21.5. The minimum Gasteiger partial charge on any atom is -0.491 e. The van der Waals surface area contributed by atoms with Crippen molar-refractivity contribution in [2.75, 3.05) is 13.2 Å². The quantitative estimate of drug-likeness (QED) is 0.698. The summed E-state index contributed by atoms with van der Waals surface area (Å²) >= 11 is 0. The number of ether oxygens (including phenoxy) is 2. The van der Waals surface area contributed by atoms with Gasteiger partial charge in [0.2, 0.25) is 0 Å². The number of hydrogen-bond acceptors (Lipinski definition) is 3. The summed E-state index contributed by atoms with van der Waals surface area (Å²) in [6.07, 6.45) is 0. The van der Waals surface area contributed by atoms with Crippen molar-refractivity contribution >= 4 is 16.7 Å². The Morgan fingerprint density at radius 2 is 1.62 bits per heavy atom. The Kier molecular flexibility index (Phi) is 5.74. The summed E-state index contributed by atoms with van der Waals surface area (Å²) in [5, 5.41) is 4.99. The van der Waals surface area contributed by atoms with Gasteiger partial charge >= 0.3 is 0 Å². The van der Waals surface area contributed by atoms with E-state index in [-0.39, 0.29) is 18.6 Å². The summed E-state index contributed by atoms with van der Waals surface area (Å²) in [5.74, 6) is 1.38. The standard InChI is InChI=1S/C22H23NO3/c1-16-8-3-6-12-20(16)25-14-17(2)23-22(24)15-26-21-13-7-10-18-9-4-5-11-19(18)21/h3-13,17H,14-15H2,1-2H3,(H,23,24). The van der Waals surface area contributed by atoms with Gasteiger partial charge in [0, 0.05) is 5.39 Å². The SMILES string of the molecule is Cc1ccccc1OCC(C)NC(=O)COc1cccc2ccccc12. The maximum atomic E-state index is 12.1. The van der Waals surface area contributed by atoms with E-state index in [0.29, 0.717) is 12.4 Å². The molecule has 0 aromatic heterocycles. The lowest BCUT2D eigenvalue weighted by Crippen LogP contribution is -2.39. The zero-order chi connectivity index (χ0) is 18.4. The minimum absolute atomic E-state index is 0.0251. The number of benzene rings is 3. The molecule has 4 nitrogen and oxygen atoms in total. The maximum Gasteiger partial charge on any atom is 0.258 e. The molecule has 0 saturated carbocycles. The molecule has 1 N–H and O–H groups in total. The molecule has 1 unspecified atom stereocenters. The normalized spacial score (nSPS) is 11.8. The molecule has 0 aliphatic carbocycles. The molecule has 0 saturated heterocycles. The Balaban J connectivity index is 1.50. The van der Waals surface area contributed by atoms with Crippen molar-refractivity contribution in [3.63, 3.8) is 0 Å². The van der Waals surface area contributed by atoms with Gasteiger partial charge in [-0.2, -0.15) is 0 Å². The molecule has 0 bridgehead atoms. The van der Waals surface area contributed by atoms with Gasteiger partial charge in [-0.15, -0.1) is 0 Å². The lowest BCUT2D eigenvalue weighted by atomic mass is 10.1. The van der Waals surface area contributed by atoms with Gasteiger partial charge in [0.1, 0.15) is 18.1 Å². The topological polar surface area (TPSA) is 47.6 Å². The van der Waals surface area contributed by atoms with Crippen LogP contribution in [0.5, 0.6) is 11.5 Å². The molecular weight excluding hydrogens is 326 g/mol. The van der Waals surface area contributed by atoms with Crippen molar-refractivity contribution in [3.8, 4) is 11.5 Å². The van der Waals surface area contributed by atoms with E-state index >= 15 is 0 Å². The number of amides is 1. The predicted octanol–water partition coefficient (Wildman–Crippen LogP) is 4.11. The molecule has 1 amide bonds. The van der Waals surface area contributed by atoms with Gasteiger partial charge in [-0.3, -0.25) is 4.79 Å². The van der Waals surface area contributed by atoms with Crippen LogP contribution in [0, 0.1) is 6.92 Å². The number of carbonyl (C=O) groups excluding carboxylic acids is 1. The third kappa shape index (κ3) is 4.54. The third-order valence-corrected chi connectivity index (χ3v) is 4.10. The Labute approximate surface area is 153 Å². The first-order chi connectivity index (χ1) is 12.6. The Morgan fingerprint density at radius 1 is 0.923 bits per heavy atom. The molecule has 3 aromatic rings. The molecular formula is C22H23NO3. The van der Waals surface area contributed by atoms with E-state index in [4.69, 9.17) is 9.47 Å². The molecule has 0 fully saturated rings. The summed E-state index contributed by atoms with van der Waals surface area (Å²) in [7, 11) is 0. The number of aryl methyl sites for hydroxylation is 1. The number of para-hydroxylation sites is 1. The van der Waals surface area contributed by atoms with Crippen LogP contribution in [0.4, 0.5) is 0 Å². The molecule has 3 aromatic carbocycles.